The highest BCUT2D eigenvalue weighted by Crippen LogP contribution is 2.07. The number of nitrogens with one attached hydrogen (secondary N) is 1. The van der Waals surface area contributed by atoms with Crippen LogP contribution in [0.4, 0.5) is 4.39 Å². The van der Waals surface area contributed by atoms with E-state index in [0.717, 1.165) is 6.20 Å². The maximum Gasteiger partial charge on any atom is 0.168 e. The second kappa shape index (κ2) is 6.48. The molecule has 0 aliphatic heterocycles. The van der Waals surface area contributed by atoms with Crippen molar-refractivity contribution in [3.63, 3.8) is 0 Å². The van der Waals surface area contributed by atoms with Crippen molar-refractivity contribution in [2.45, 2.75) is 0 Å². The minimum atomic E-state index is -0.468. The van der Waals surface area contributed by atoms with E-state index in [9.17, 15) is 4.39 Å². The van der Waals surface area contributed by atoms with E-state index < -0.39 is 5.82 Å². The minimum absolute atomic E-state index is 0.237. The molecule has 0 unspecified atom stereocenters. The summed E-state index contributed by atoms with van der Waals surface area (Å²) in [7, 11) is 5.25. The van der Waals surface area contributed by atoms with Crippen molar-refractivity contribution in [2.75, 3.05) is 21.1 Å². The second-order valence-corrected chi connectivity index (χ2v) is 3.86. The molecule has 19 heavy (non-hydrogen) atoms. The first-order chi connectivity index (χ1) is 8.99. The number of hydrogen-bond acceptors (Lipinski definition) is 5. The molecule has 3 N–H and O–H groups in total. The lowest BCUT2D eigenvalue weighted by atomic mass is 10.2. The quantitative estimate of drug-likeness (QED) is 0.614. The van der Waals surface area contributed by atoms with Gasteiger partial charge in [0.2, 0.25) is 0 Å². The molecule has 0 aromatic carbocycles. The highest BCUT2D eigenvalue weighted by atomic mass is 19.1. The fourth-order valence-electron chi connectivity index (χ4n) is 1.28. The molecular weight excluding hydrogens is 247 g/mol. The van der Waals surface area contributed by atoms with E-state index in [-0.39, 0.29) is 5.84 Å². The summed E-state index contributed by atoms with van der Waals surface area (Å²) in [6, 6.07) is 1.28. The highest BCUT2D eigenvalue weighted by Gasteiger charge is 2.07. The van der Waals surface area contributed by atoms with Gasteiger partial charge in [0.25, 0.3) is 0 Å². The molecular formula is C12H17FN6. The van der Waals surface area contributed by atoms with Gasteiger partial charge in [-0.3, -0.25) is 4.98 Å². The van der Waals surface area contributed by atoms with Gasteiger partial charge in [-0.15, -0.1) is 0 Å². The molecule has 0 fully saturated rings. The van der Waals surface area contributed by atoms with Gasteiger partial charge in [-0.25, -0.2) is 14.4 Å². The monoisotopic (exact) mass is 264 g/mol. The third-order valence-corrected chi connectivity index (χ3v) is 2.29. The summed E-state index contributed by atoms with van der Waals surface area (Å²) in [6.07, 6.45) is 2.56. The van der Waals surface area contributed by atoms with Crippen LogP contribution >= 0.6 is 0 Å². The summed E-state index contributed by atoms with van der Waals surface area (Å²) < 4.78 is 13.1. The Morgan fingerprint density at radius 1 is 1.47 bits per heavy atom. The van der Waals surface area contributed by atoms with E-state index >= 15 is 0 Å². The summed E-state index contributed by atoms with van der Waals surface area (Å²) in [6.45, 7) is 3.42. The SMILES string of the molecule is C=N/C(=N\C(NC)=C(/N)N(C)C)c1cncc(F)c1. The third kappa shape index (κ3) is 3.77. The molecule has 1 rings (SSSR count). The molecule has 0 saturated carbocycles. The smallest absolute Gasteiger partial charge is 0.168 e. The average Bonchev–Trinajstić information content (AvgIpc) is 2.39. The van der Waals surface area contributed by atoms with Gasteiger partial charge >= 0.3 is 0 Å². The van der Waals surface area contributed by atoms with Crippen LogP contribution in [-0.4, -0.2) is 43.6 Å². The van der Waals surface area contributed by atoms with Crippen LogP contribution in [-0.2, 0) is 0 Å². The molecule has 0 saturated heterocycles. The van der Waals surface area contributed by atoms with E-state index in [0.29, 0.717) is 17.2 Å². The van der Waals surface area contributed by atoms with Crippen molar-refractivity contribution in [2.24, 2.45) is 15.7 Å². The van der Waals surface area contributed by atoms with Gasteiger partial charge < -0.3 is 16.0 Å². The maximum atomic E-state index is 13.1. The van der Waals surface area contributed by atoms with Gasteiger partial charge in [-0.2, -0.15) is 0 Å². The second-order valence-electron chi connectivity index (χ2n) is 3.86. The van der Waals surface area contributed by atoms with Gasteiger partial charge in [0.1, 0.15) is 11.6 Å². The predicted molar refractivity (Wildman–Crippen MR) is 74.2 cm³/mol. The van der Waals surface area contributed by atoms with Crippen molar-refractivity contribution in [3.05, 3.63) is 41.5 Å². The number of nitrogens with two attached hydrogens (primary N) is 1. The van der Waals surface area contributed by atoms with Crippen LogP contribution in [0.5, 0.6) is 0 Å². The van der Waals surface area contributed by atoms with Crippen LogP contribution in [0.3, 0.4) is 0 Å². The van der Waals surface area contributed by atoms with Gasteiger partial charge in [-0.05, 0) is 12.8 Å². The van der Waals surface area contributed by atoms with Gasteiger partial charge in [0.05, 0.1) is 6.20 Å². The first kappa shape index (κ1) is 14.6. The fourth-order valence-corrected chi connectivity index (χ4v) is 1.28. The van der Waals surface area contributed by atoms with E-state index in [1.807, 2.05) is 0 Å². The summed E-state index contributed by atoms with van der Waals surface area (Å²) in [5.41, 5.74) is 6.29. The standard InChI is InChI=1S/C12H17FN6/c1-15-11(8-5-9(13)7-17-6-8)18-12(16-2)10(14)19(3)4/h5-7,16H,1,14H2,2-4H3/b12-10+,18-11-. The van der Waals surface area contributed by atoms with Crippen molar-refractivity contribution < 1.29 is 4.39 Å². The number of nitrogens with zero attached hydrogens (tertiary/aromatic N) is 4. The molecule has 0 aliphatic rings. The lowest BCUT2D eigenvalue weighted by Gasteiger charge is -2.15. The van der Waals surface area contributed by atoms with E-state index in [1.54, 1.807) is 26.0 Å². The predicted octanol–water partition coefficient (Wildman–Crippen LogP) is 0.534. The van der Waals surface area contributed by atoms with Crippen LogP contribution in [0, 0.1) is 5.82 Å². The minimum Gasteiger partial charge on any atom is -0.382 e. The number of aliphatic imine (C=N–C) groups is 2. The van der Waals surface area contributed by atoms with Crippen LogP contribution in [0.2, 0.25) is 0 Å². The number of amidine groups is 1. The van der Waals surface area contributed by atoms with Crippen LogP contribution in [0.15, 0.2) is 40.1 Å². The molecule has 1 aromatic rings. The Labute approximate surface area is 111 Å². The summed E-state index contributed by atoms with van der Waals surface area (Å²) in [5.74, 6) is 0.607. The first-order valence-corrected chi connectivity index (χ1v) is 5.50. The Kier molecular flexibility index (Phi) is 4.99. The molecule has 0 aliphatic carbocycles. The zero-order valence-corrected chi connectivity index (χ0v) is 11.2. The molecule has 0 radical (unpaired) electrons. The van der Waals surface area contributed by atoms with Crippen LogP contribution in [0.25, 0.3) is 0 Å². The average molecular weight is 264 g/mol. The molecule has 1 heterocycles. The van der Waals surface area contributed by atoms with Gasteiger partial charge in [-0.1, -0.05) is 0 Å². The number of rotatable bonds is 4. The zero-order valence-electron chi connectivity index (χ0n) is 11.2. The first-order valence-electron chi connectivity index (χ1n) is 5.50. The summed E-state index contributed by atoms with van der Waals surface area (Å²) in [4.78, 5) is 13.4. The lowest BCUT2D eigenvalue weighted by Crippen LogP contribution is -2.25. The molecule has 1 aromatic heterocycles. The Morgan fingerprint density at radius 2 is 2.16 bits per heavy atom. The highest BCUT2D eigenvalue weighted by molar-refractivity contribution is 6.01. The van der Waals surface area contributed by atoms with Crippen LogP contribution < -0.4 is 11.1 Å². The van der Waals surface area contributed by atoms with Gasteiger partial charge in [0.15, 0.2) is 11.7 Å². The molecule has 0 atom stereocenters. The summed E-state index contributed by atoms with van der Waals surface area (Å²) in [5, 5.41) is 2.86. The molecule has 6 nitrogen and oxygen atoms in total. The Balaban J connectivity index is 3.26. The van der Waals surface area contributed by atoms with Crippen molar-refractivity contribution in [1.82, 2.24) is 15.2 Å². The molecule has 0 bridgehead atoms. The zero-order chi connectivity index (χ0) is 14.4. The molecule has 0 spiro atoms. The molecule has 0 amide bonds. The van der Waals surface area contributed by atoms with Crippen molar-refractivity contribution in [1.29, 1.82) is 0 Å². The third-order valence-electron chi connectivity index (χ3n) is 2.29. The number of pyridine rings is 1. The van der Waals surface area contributed by atoms with Crippen molar-refractivity contribution in [3.8, 4) is 0 Å². The van der Waals surface area contributed by atoms with Crippen LogP contribution in [0.1, 0.15) is 5.56 Å². The largest absolute Gasteiger partial charge is 0.382 e. The van der Waals surface area contributed by atoms with E-state index in [4.69, 9.17) is 5.73 Å². The Bertz CT molecular complexity index is 521. The maximum absolute atomic E-state index is 13.1. The topological polar surface area (TPSA) is 78.9 Å². The lowest BCUT2D eigenvalue weighted by molar-refractivity contribution is 0.492. The van der Waals surface area contributed by atoms with E-state index in [1.165, 1.54) is 12.3 Å². The Hall–Kier alpha value is -2.44. The van der Waals surface area contributed by atoms with Gasteiger partial charge in [0, 0.05) is 32.9 Å². The normalized spacial score (nSPS) is 12.7. The molecule has 102 valence electrons. The van der Waals surface area contributed by atoms with E-state index in [2.05, 4.69) is 27.0 Å². The van der Waals surface area contributed by atoms with Crippen molar-refractivity contribution >= 4 is 12.6 Å². The number of halogens is 1. The summed E-state index contributed by atoms with van der Waals surface area (Å²) >= 11 is 0. The fraction of sp³-hybridized carbons (Fsp3) is 0.250. The number of hydrogen-bond donors (Lipinski definition) is 2. The molecule has 7 heteroatoms. The Morgan fingerprint density at radius 3 is 2.63 bits per heavy atom. The number of aromatic nitrogens is 1.